The van der Waals surface area contributed by atoms with Crippen LogP contribution in [0.15, 0.2) is 30.3 Å². The Labute approximate surface area is 149 Å². The second-order valence-electron chi connectivity index (χ2n) is 6.57. The van der Waals surface area contributed by atoms with E-state index in [4.69, 9.17) is 4.74 Å². The number of nitrogens with zero attached hydrogens (tertiary/aromatic N) is 2. The fourth-order valence-electron chi connectivity index (χ4n) is 3.43. The van der Waals surface area contributed by atoms with Gasteiger partial charge in [-0.25, -0.2) is 0 Å². The summed E-state index contributed by atoms with van der Waals surface area (Å²) in [4.78, 5) is 17.5. The van der Waals surface area contributed by atoms with E-state index in [1.165, 1.54) is 11.3 Å². The van der Waals surface area contributed by atoms with E-state index in [2.05, 4.69) is 21.9 Å². The van der Waals surface area contributed by atoms with Crippen LogP contribution in [0.5, 0.6) is 0 Å². The minimum atomic E-state index is 0.319. The average Bonchev–Trinajstić information content (AvgIpc) is 2.87. The molecule has 0 aromatic heterocycles. The maximum atomic E-state index is 12.8. The summed E-state index contributed by atoms with van der Waals surface area (Å²) in [7, 11) is 0. The molecule has 2 heterocycles. The summed E-state index contributed by atoms with van der Waals surface area (Å²) in [6.45, 7) is 5.53. The summed E-state index contributed by atoms with van der Waals surface area (Å²) in [5.74, 6) is 2.55. The van der Waals surface area contributed by atoms with E-state index in [0.29, 0.717) is 18.4 Å². The highest BCUT2D eigenvalue weighted by Crippen LogP contribution is 2.19. The number of morpholine rings is 1. The van der Waals surface area contributed by atoms with E-state index in [1.54, 1.807) is 0 Å². The Morgan fingerprint density at radius 3 is 2.75 bits per heavy atom. The molecule has 4 nitrogen and oxygen atoms in total. The van der Waals surface area contributed by atoms with Crippen LogP contribution in [0.3, 0.4) is 0 Å². The number of thioether (sulfide) groups is 1. The van der Waals surface area contributed by atoms with Crippen LogP contribution in [0.25, 0.3) is 0 Å². The number of hydrogen-bond acceptors (Lipinski definition) is 4. The van der Waals surface area contributed by atoms with Gasteiger partial charge in [0.2, 0.25) is 5.91 Å². The first-order valence-electron chi connectivity index (χ1n) is 9.04. The van der Waals surface area contributed by atoms with Crippen LogP contribution in [0, 0.1) is 0 Å². The molecular formula is C19H28N2O2S. The summed E-state index contributed by atoms with van der Waals surface area (Å²) in [5.41, 5.74) is 1.25. The van der Waals surface area contributed by atoms with Gasteiger partial charge >= 0.3 is 0 Å². The van der Waals surface area contributed by atoms with E-state index in [-0.39, 0.29) is 0 Å². The molecule has 2 aliphatic rings. The molecule has 24 heavy (non-hydrogen) atoms. The van der Waals surface area contributed by atoms with Gasteiger partial charge in [-0.2, -0.15) is 11.8 Å². The number of amides is 1. The first-order chi connectivity index (χ1) is 11.8. The molecular weight excluding hydrogens is 320 g/mol. The molecule has 1 atom stereocenters. The number of rotatable bonds is 5. The van der Waals surface area contributed by atoms with Crippen LogP contribution in [0.4, 0.5) is 0 Å². The van der Waals surface area contributed by atoms with Crippen molar-refractivity contribution in [1.29, 1.82) is 0 Å². The van der Waals surface area contributed by atoms with Crippen molar-refractivity contribution in [3.63, 3.8) is 0 Å². The third-order valence-corrected chi connectivity index (χ3v) is 6.00. The Morgan fingerprint density at radius 2 is 1.96 bits per heavy atom. The SMILES string of the molecule is O=C(CCc1ccccc1)N1CCCSC[C@H]1CN1CCOCC1. The van der Waals surface area contributed by atoms with Crippen LogP contribution in [0.2, 0.25) is 0 Å². The van der Waals surface area contributed by atoms with Crippen molar-refractivity contribution in [2.24, 2.45) is 0 Å². The third-order valence-electron chi connectivity index (χ3n) is 4.80. The molecule has 0 unspecified atom stereocenters. The molecule has 2 fully saturated rings. The first kappa shape index (κ1) is 17.8. The predicted octanol–water partition coefficient (Wildman–Crippen LogP) is 2.29. The van der Waals surface area contributed by atoms with E-state index in [1.807, 2.05) is 30.0 Å². The van der Waals surface area contributed by atoms with E-state index in [9.17, 15) is 4.79 Å². The molecule has 0 aliphatic carbocycles. The highest BCUT2D eigenvalue weighted by Gasteiger charge is 2.27. The van der Waals surface area contributed by atoms with Gasteiger partial charge in [-0.15, -0.1) is 0 Å². The van der Waals surface area contributed by atoms with Crippen molar-refractivity contribution in [3.05, 3.63) is 35.9 Å². The Hall–Kier alpha value is -1.04. The minimum absolute atomic E-state index is 0.319. The molecule has 5 heteroatoms. The van der Waals surface area contributed by atoms with Gasteiger partial charge in [-0.05, 0) is 24.2 Å². The summed E-state index contributed by atoms with van der Waals surface area (Å²) >= 11 is 2.00. The largest absolute Gasteiger partial charge is 0.379 e. The normalized spacial score (nSPS) is 23.0. The molecule has 0 saturated carbocycles. The topological polar surface area (TPSA) is 32.8 Å². The Balaban J connectivity index is 1.57. The standard InChI is InChI=1S/C19H28N2O2S/c22-19(8-7-17-5-2-1-3-6-17)21-9-4-14-24-16-18(21)15-20-10-12-23-13-11-20/h1-3,5-6,18H,4,7-16H2/t18-/m1/s1. The van der Waals surface area contributed by atoms with Crippen LogP contribution >= 0.6 is 11.8 Å². The monoisotopic (exact) mass is 348 g/mol. The fraction of sp³-hybridized carbons (Fsp3) is 0.632. The summed E-state index contributed by atoms with van der Waals surface area (Å²) < 4.78 is 5.45. The van der Waals surface area contributed by atoms with Crippen LogP contribution in [0.1, 0.15) is 18.4 Å². The van der Waals surface area contributed by atoms with Gasteiger partial charge in [0, 0.05) is 38.4 Å². The molecule has 132 valence electrons. The lowest BCUT2D eigenvalue weighted by molar-refractivity contribution is -0.133. The van der Waals surface area contributed by atoms with Crippen molar-refractivity contribution in [2.45, 2.75) is 25.3 Å². The minimum Gasteiger partial charge on any atom is -0.379 e. The molecule has 1 aromatic rings. The molecule has 0 spiro atoms. The molecule has 3 rings (SSSR count). The predicted molar refractivity (Wildman–Crippen MR) is 99.5 cm³/mol. The Morgan fingerprint density at radius 1 is 1.17 bits per heavy atom. The van der Waals surface area contributed by atoms with E-state index in [0.717, 1.165) is 58.0 Å². The lowest BCUT2D eigenvalue weighted by Crippen LogP contribution is -2.50. The number of carbonyl (C=O) groups is 1. The van der Waals surface area contributed by atoms with Gasteiger partial charge in [0.1, 0.15) is 0 Å². The smallest absolute Gasteiger partial charge is 0.223 e. The van der Waals surface area contributed by atoms with Crippen molar-refractivity contribution < 1.29 is 9.53 Å². The lowest BCUT2D eigenvalue weighted by atomic mass is 10.1. The molecule has 0 N–H and O–H groups in total. The second-order valence-corrected chi connectivity index (χ2v) is 7.72. The summed E-state index contributed by atoms with van der Waals surface area (Å²) in [5, 5.41) is 0. The zero-order valence-electron chi connectivity index (χ0n) is 14.4. The van der Waals surface area contributed by atoms with Gasteiger partial charge < -0.3 is 9.64 Å². The van der Waals surface area contributed by atoms with Crippen LogP contribution < -0.4 is 0 Å². The van der Waals surface area contributed by atoms with Crippen molar-refractivity contribution >= 4 is 17.7 Å². The van der Waals surface area contributed by atoms with Gasteiger partial charge in [0.15, 0.2) is 0 Å². The van der Waals surface area contributed by atoms with Crippen molar-refractivity contribution in [2.75, 3.05) is 50.9 Å². The van der Waals surface area contributed by atoms with Gasteiger partial charge in [-0.3, -0.25) is 9.69 Å². The zero-order chi connectivity index (χ0) is 16.6. The quantitative estimate of drug-likeness (QED) is 0.817. The van der Waals surface area contributed by atoms with Gasteiger partial charge in [0.05, 0.1) is 19.3 Å². The zero-order valence-corrected chi connectivity index (χ0v) is 15.2. The number of hydrogen-bond donors (Lipinski definition) is 0. The average molecular weight is 349 g/mol. The van der Waals surface area contributed by atoms with Gasteiger partial charge in [0.25, 0.3) is 0 Å². The molecule has 1 aromatic carbocycles. The molecule has 1 amide bonds. The third kappa shape index (κ3) is 5.23. The van der Waals surface area contributed by atoms with E-state index >= 15 is 0 Å². The van der Waals surface area contributed by atoms with Crippen LogP contribution in [-0.4, -0.2) is 72.6 Å². The summed E-state index contributed by atoms with van der Waals surface area (Å²) in [6, 6.07) is 10.7. The number of carbonyl (C=O) groups excluding carboxylic acids is 1. The number of ether oxygens (including phenoxy) is 1. The molecule has 2 saturated heterocycles. The fourth-order valence-corrected chi connectivity index (χ4v) is 4.49. The first-order valence-corrected chi connectivity index (χ1v) is 10.2. The maximum absolute atomic E-state index is 12.8. The summed E-state index contributed by atoms with van der Waals surface area (Å²) in [6.07, 6.45) is 2.57. The van der Waals surface area contributed by atoms with Gasteiger partial charge in [-0.1, -0.05) is 30.3 Å². The van der Waals surface area contributed by atoms with E-state index < -0.39 is 0 Å². The Bertz CT molecular complexity index is 505. The number of aryl methyl sites for hydroxylation is 1. The second kappa shape index (κ2) is 9.44. The lowest BCUT2D eigenvalue weighted by Gasteiger charge is -2.35. The molecule has 0 radical (unpaired) electrons. The Kier molecular flexibility index (Phi) is 6.99. The highest BCUT2D eigenvalue weighted by molar-refractivity contribution is 7.99. The molecule has 2 aliphatic heterocycles. The molecule has 0 bridgehead atoms. The maximum Gasteiger partial charge on any atom is 0.223 e. The van der Waals surface area contributed by atoms with Crippen molar-refractivity contribution in [1.82, 2.24) is 9.80 Å². The van der Waals surface area contributed by atoms with Crippen LogP contribution in [-0.2, 0) is 16.0 Å². The highest BCUT2D eigenvalue weighted by atomic mass is 32.2. The van der Waals surface area contributed by atoms with Crippen molar-refractivity contribution in [3.8, 4) is 0 Å². The number of benzene rings is 1.